The number of hydrogen-bond acceptors (Lipinski definition) is 8. The number of para-hydroxylation sites is 7. The zero-order chi connectivity index (χ0) is 69.5. The highest BCUT2D eigenvalue weighted by Gasteiger charge is 2.49. The van der Waals surface area contributed by atoms with Crippen molar-refractivity contribution in [2.24, 2.45) is 0 Å². The van der Waals surface area contributed by atoms with Gasteiger partial charge in [-0.1, -0.05) is 255 Å². The Morgan fingerprint density at radius 1 is 0.264 bits per heavy atom. The highest BCUT2D eigenvalue weighted by molar-refractivity contribution is 7.27. The third kappa shape index (κ3) is 9.31. The smallest absolute Gasteiger partial charge is 0.256 e. The van der Waals surface area contributed by atoms with Gasteiger partial charge in [-0.2, -0.15) is 0 Å². The van der Waals surface area contributed by atoms with Crippen LogP contribution in [0.15, 0.2) is 370 Å². The molecular formula is C96H61B2N5OS2. The second kappa shape index (κ2) is 24.3. The van der Waals surface area contributed by atoms with Crippen LogP contribution in [0.25, 0.3) is 62.6 Å². The van der Waals surface area contributed by atoms with Gasteiger partial charge in [-0.15, -0.1) is 22.7 Å². The maximum atomic E-state index is 8.16. The van der Waals surface area contributed by atoms with Crippen molar-refractivity contribution in [2.45, 2.75) is 0 Å². The van der Waals surface area contributed by atoms with Crippen molar-refractivity contribution in [2.75, 3.05) is 24.5 Å². The zero-order valence-electron chi connectivity index (χ0n) is 57.3. The molecule has 0 fully saturated rings. The van der Waals surface area contributed by atoms with E-state index in [1.165, 1.54) is 62.2 Å². The van der Waals surface area contributed by atoms with Crippen LogP contribution >= 0.6 is 22.7 Å². The number of thiophene rings is 2. The summed E-state index contributed by atoms with van der Waals surface area (Å²) in [5.74, 6) is 1.61. The number of ether oxygens (including phenoxy) is 1. The molecule has 0 aliphatic carbocycles. The molecule has 0 atom stereocenters. The molecule has 106 heavy (non-hydrogen) atoms. The molecule has 6 heterocycles. The minimum atomic E-state index is -0.267. The molecule has 0 N–H and O–H groups in total. The summed E-state index contributed by atoms with van der Waals surface area (Å²) in [5.41, 5.74) is 27.6. The monoisotopic (exact) mass is 1390 g/mol. The second-order valence-electron chi connectivity index (χ2n) is 27.8. The van der Waals surface area contributed by atoms with E-state index < -0.39 is 0 Å². The van der Waals surface area contributed by atoms with E-state index >= 15 is 0 Å². The van der Waals surface area contributed by atoms with Crippen LogP contribution in [0.2, 0.25) is 0 Å². The van der Waals surface area contributed by atoms with Crippen molar-refractivity contribution in [3.8, 4) is 33.8 Å². The zero-order valence-corrected chi connectivity index (χ0v) is 59.0. The fourth-order valence-corrected chi connectivity index (χ4v) is 20.0. The van der Waals surface area contributed by atoms with E-state index in [0.717, 1.165) is 130 Å². The average Bonchev–Trinajstić information content (AvgIpc) is 0.820. The number of hydrogen-bond donors (Lipinski definition) is 0. The fourth-order valence-electron chi connectivity index (χ4n) is 17.6. The third-order valence-corrected chi connectivity index (χ3v) is 24.4. The SMILES string of the molecule is c1ccc(-c2cccc(-c3ccccc3)c2N2c3cc4c(cc3B3c5ccccc5N(c5ccccc5)c5cc(N(c6ccccc6)c6ccccc6)cc2c53)B2c3ccccc3N(c3cccc5c3sc3ccccc35)c3cc(N(c5ccccc5)c5cccc6c5sc5ccccc56)cc(c32)O4)cc1. The summed E-state index contributed by atoms with van der Waals surface area (Å²) in [5, 5.41) is 4.99. The van der Waals surface area contributed by atoms with Crippen molar-refractivity contribution in [3.05, 3.63) is 370 Å². The number of fused-ring (bicyclic) bond motifs is 14. The van der Waals surface area contributed by atoms with Gasteiger partial charge < -0.3 is 29.2 Å². The topological polar surface area (TPSA) is 25.4 Å². The molecule has 4 aliphatic heterocycles. The van der Waals surface area contributed by atoms with Crippen LogP contribution in [0, 0.1) is 0 Å². The lowest BCUT2D eigenvalue weighted by Crippen LogP contribution is -2.64. The predicted molar refractivity (Wildman–Crippen MR) is 452 cm³/mol. The van der Waals surface area contributed by atoms with Gasteiger partial charge in [0.15, 0.2) is 0 Å². The Hall–Kier alpha value is -13.1. The lowest BCUT2D eigenvalue weighted by atomic mass is 9.30. The van der Waals surface area contributed by atoms with Gasteiger partial charge in [0, 0.05) is 111 Å². The quantitative estimate of drug-likeness (QED) is 0.120. The molecule has 16 aromatic carbocycles. The normalized spacial score (nSPS) is 12.9. The Bertz CT molecular complexity index is 6460. The van der Waals surface area contributed by atoms with Crippen molar-refractivity contribution in [1.82, 2.24) is 0 Å². The third-order valence-electron chi connectivity index (χ3n) is 22.0. The van der Waals surface area contributed by atoms with E-state index in [4.69, 9.17) is 4.74 Å². The largest absolute Gasteiger partial charge is 0.458 e. The van der Waals surface area contributed by atoms with Crippen molar-refractivity contribution < 1.29 is 4.74 Å². The standard InChI is InChI=1S/C96H61B2N5OS2/c1-7-30-62(31-8-1)70-44-27-45-71(63-32-9-2-10-33-63)94(70)103-84-61-88-79(60-78(84)97-76-48-21-23-50-80(76)101(67-40-17-6-18-41-67)85-56-68(57-86(103)92(85)97)99(64-34-11-3-12-35-64)65-36-13-4-14-37-65)98-77-49-22-24-51-81(77)102(83-53-29-47-75-73-43-20-26-55-91(73)106-96(75)83)87-58-69(59-89(104-88)93(87)98)100(66-38-15-5-16-39-66)82-52-28-46-74-72-42-19-25-54-90(72)105-95(74)82/h1-61H. The maximum Gasteiger partial charge on any atom is 0.256 e. The van der Waals surface area contributed by atoms with Gasteiger partial charge in [-0.05, 0) is 147 Å². The number of anilines is 15. The molecule has 10 heteroatoms. The summed E-state index contributed by atoms with van der Waals surface area (Å²) < 4.78 is 13.1. The van der Waals surface area contributed by atoms with Gasteiger partial charge in [0.25, 0.3) is 13.4 Å². The van der Waals surface area contributed by atoms with Crippen molar-refractivity contribution in [3.63, 3.8) is 0 Å². The molecule has 6 nitrogen and oxygen atoms in total. The molecule has 0 saturated heterocycles. The first kappa shape index (κ1) is 60.5. The van der Waals surface area contributed by atoms with Gasteiger partial charge in [-0.25, -0.2) is 0 Å². The predicted octanol–water partition coefficient (Wildman–Crippen LogP) is 23.2. The lowest BCUT2D eigenvalue weighted by molar-refractivity contribution is 0.488. The molecule has 0 bridgehead atoms. The number of rotatable bonds is 11. The van der Waals surface area contributed by atoms with Gasteiger partial charge >= 0.3 is 0 Å². The first-order valence-electron chi connectivity index (χ1n) is 36.3. The van der Waals surface area contributed by atoms with Crippen molar-refractivity contribution >= 4 is 195 Å². The van der Waals surface area contributed by atoms with Crippen LogP contribution in [0.5, 0.6) is 11.5 Å². The Labute approximate surface area is 623 Å². The molecule has 0 saturated carbocycles. The van der Waals surface area contributed by atoms with E-state index in [2.05, 4.69) is 395 Å². The summed E-state index contributed by atoms with van der Waals surface area (Å²) in [6.07, 6.45) is 0. The van der Waals surface area contributed by atoms with Gasteiger partial charge in [0.05, 0.1) is 37.8 Å². The molecule has 494 valence electrons. The van der Waals surface area contributed by atoms with E-state index in [-0.39, 0.29) is 13.4 Å². The van der Waals surface area contributed by atoms with E-state index in [9.17, 15) is 0 Å². The summed E-state index contributed by atoms with van der Waals surface area (Å²) >= 11 is 3.72. The molecule has 0 spiro atoms. The van der Waals surface area contributed by atoms with Crippen LogP contribution in [-0.2, 0) is 0 Å². The summed E-state index contributed by atoms with van der Waals surface area (Å²) in [7, 11) is 0. The van der Waals surface area contributed by atoms with Gasteiger partial charge in [-0.3, -0.25) is 0 Å². The lowest BCUT2D eigenvalue weighted by Gasteiger charge is -2.46. The number of benzene rings is 16. The van der Waals surface area contributed by atoms with Crippen LogP contribution in [0.1, 0.15) is 0 Å². The Morgan fingerprint density at radius 2 is 0.708 bits per heavy atom. The average molecular weight is 1390 g/mol. The first-order valence-corrected chi connectivity index (χ1v) is 37.9. The second-order valence-corrected chi connectivity index (χ2v) is 29.9. The molecule has 2 aromatic heterocycles. The Kier molecular flexibility index (Phi) is 13.8. The summed E-state index contributed by atoms with van der Waals surface area (Å²) in [6, 6.07) is 137. The molecule has 22 rings (SSSR count). The van der Waals surface area contributed by atoms with E-state index in [0.29, 0.717) is 0 Å². The highest BCUT2D eigenvalue weighted by Crippen LogP contribution is 2.56. The minimum Gasteiger partial charge on any atom is -0.458 e. The van der Waals surface area contributed by atoms with Crippen LogP contribution in [0.4, 0.5) is 85.3 Å². The molecule has 0 amide bonds. The van der Waals surface area contributed by atoms with Crippen LogP contribution in [-0.4, -0.2) is 13.4 Å². The molecule has 0 unspecified atom stereocenters. The molecular weight excluding hydrogens is 1320 g/mol. The highest BCUT2D eigenvalue weighted by atomic mass is 32.1. The summed E-state index contributed by atoms with van der Waals surface area (Å²) in [4.78, 5) is 12.6. The van der Waals surface area contributed by atoms with Gasteiger partial charge in [0.1, 0.15) is 11.5 Å². The van der Waals surface area contributed by atoms with Crippen LogP contribution in [0.3, 0.4) is 0 Å². The molecule has 4 aliphatic rings. The Balaban J connectivity index is 0.861. The minimum absolute atomic E-state index is 0.252. The molecule has 0 radical (unpaired) electrons. The van der Waals surface area contributed by atoms with Crippen molar-refractivity contribution in [1.29, 1.82) is 0 Å². The molecule has 18 aromatic rings. The summed E-state index contributed by atoms with van der Waals surface area (Å²) in [6.45, 7) is -0.519. The van der Waals surface area contributed by atoms with Gasteiger partial charge in [0.2, 0.25) is 0 Å². The Morgan fingerprint density at radius 3 is 1.32 bits per heavy atom. The first-order chi connectivity index (χ1) is 52.6. The van der Waals surface area contributed by atoms with Crippen LogP contribution < -0.4 is 62.0 Å². The fraction of sp³-hybridized carbons (Fsp3) is 0. The van der Waals surface area contributed by atoms with E-state index in [1.54, 1.807) is 0 Å². The number of nitrogens with zero attached hydrogens (tertiary/aromatic N) is 5. The maximum absolute atomic E-state index is 8.16. The van der Waals surface area contributed by atoms with E-state index in [1.807, 2.05) is 22.7 Å².